The Morgan fingerprint density at radius 2 is 1.91 bits per heavy atom. The Kier molecular flexibility index (Phi) is 6.86. The molecule has 1 aromatic heterocycles. The number of hydrogen-bond acceptors (Lipinski definition) is 3. The fourth-order valence-corrected chi connectivity index (χ4v) is 2.11. The molecule has 5 heteroatoms. The standard InChI is InChI=1S/C17H21N3O.ClH/c1-3-13(2)20(12-14-7-5-4-6-8-14)17(21)16-10-9-15(18)11-19-16;/h4-11,13H,3,12,18H2,1-2H3;1H. The SMILES string of the molecule is CCC(C)N(Cc1ccccc1)C(=O)c1ccc(N)cn1.Cl. The van der Waals surface area contributed by atoms with Gasteiger partial charge in [0.1, 0.15) is 5.69 Å². The van der Waals surface area contributed by atoms with Crippen molar-refractivity contribution in [2.24, 2.45) is 0 Å². The molecule has 1 unspecified atom stereocenters. The normalized spacial score (nSPS) is 11.4. The molecule has 2 aromatic rings. The fraction of sp³-hybridized carbons (Fsp3) is 0.294. The lowest BCUT2D eigenvalue weighted by molar-refractivity contribution is 0.0665. The number of benzene rings is 1. The molecule has 0 bridgehead atoms. The number of aromatic nitrogens is 1. The summed E-state index contributed by atoms with van der Waals surface area (Å²) in [5.74, 6) is -0.0618. The number of carbonyl (C=O) groups is 1. The van der Waals surface area contributed by atoms with Crippen LogP contribution in [0.2, 0.25) is 0 Å². The second-order valence-corrected chi connectivity index (χ2v) is 5.15. The van der Waals surface area contributed by atoms with E-state index in [9.17, 15) is 4.79 Å². The van der Waals surface area contributed by atoms with Crippen LogP contribution in [-0.4, -0.2) is 21.8 Å². The van der Waals surface area contributed by atoms with Crippen molar-refractivity contribution in [3.05, 3.63) is 59.9 Å². The van der Waals surface area contributed by atoms with Gasteiger partial charge in [0.25, 0.3) is 5.91 Å². The zero-order valence-electron chi connectivity index (χ0n) is 12.9. The van der Waals surface area contributed by atoms with Crippen LogP contribution in [0.15, 0.2) is 48.7 Å². The Labute approximate surface area is 137 Å². The average Bonchev–Trinajstić information content (AvgIpc) is 2.53. The molecule has 0 fully saturated rings. The summed E-state index contributed by atoms with van der Waals surface area (Å²) in [6, 6.07) is 13.5. The Hall–Kier alpha value is -2.07. The van der Waals surface area contributed by atoms with Crippen LogP contribution in [0.25, 0.3) is 0 Å². The highest BCUT2D eigenvalue weighted by atomic mass is 35.5. The summed E-state index contributed by atoms with van der Waals surface area (Å²) >= 11 is 0. The molecule has 1 aromatic carbocycles. The molecule has 0 spiro atoms. The van der Waals surface area contributed by atoms with Crippen LogP contribution in [0.4, 0.5) is 5.69 Å². The molecule has 0 aliphatic rings. The molecule has 118 valence electrons. The lowest BCUT2D eigenvalue weighted by Crippen LogP contribution is -2.38. The third-order valence-electron chi connectivity index (χ3n) is 3.58. The molecule has 2 N–H and O–H groups in total. The van der Waals surface area contributed by atoms with Crippen molar-refractivity contribution in [1.82, 2.24) is 9.88 Å². The first kappa shape index (κ1) is 18.0. The zero-order valence-corrected chi connectivity index (χ0v) is 13.7. The largest absolute Gasteiger partial charge is 0.397 e. The van der Waals surface area contributed by atoms with Crippen molar-refractivity contribution in [2.75, 3.05) is 5.73 Å². The summed E-state index contributed by atoms with van der Waals surface area (Å²) in [5, 5.41) is 0. The Balaban J connectivity index is 0.00000242. The van der Waals surface area contributed by atoms with Gasteiger partial charge in [0, 0.05) is 12.6 Å². The van der Waals surface area contributed by atoms with Gasteiger partial charge in [-0.05, 0) is 31.0 Å². The van der Waals surface area contributed by atoms with Crippen molar-refractivity contribution >= 4 is 24.0 Å². The van der Waals surface area contributed by atoms with Crippen molar-refractivity contribution < 1.29 is 4.79 Å². The maximum absolute atomic E-state index is 12.7. The molecular weight excluding hydrogens is 298 g/mol. The van der Waals surface area contributed by atoms with E-state index >= 15 is 0 Å². The van der Waals surface area contributed by atoms with E-state index in [2.05, 4.69) is 18.8 Å². The topological polar surface area (TPSA) is 59.2 Å². The highest BCUT2D eigenvalue weighted by Crippen LogP contribution is 2.14. The zero-order chi connectivity index (χ0) is 15.2. The second kappa shape index (κ2) is 8.39. The minimum absolute atomic E-state index is 0. The monoisotopic (exact) mass is 319 g/mol. The van der Waals surface area contributed by atoms with E-state index in [-0.39, 0.29) is 24.4 Å². The first-order valence-electron chi connectivity index (χ1n) is 7.18. The van der Waals surface area contributed by atoms with E-state index in [1.165, 1.54) is 6.20 Å². The summed E-state index contributed by atoms with van der Waals surface area (Å²) in [6.07, 6.45) is 2.41. The number of nitrogen functional groups attached to an aromatic ring is 1. The van der Waals surface area contributed by atoms with E-state index in [1.807, 2.05) is 35.2 Å². The summed E-state index contributed by atoms with van der Waals surface area (Å²) in [7, 11) is 0. The maximum Gasteiger partial charge on any atom is 0.272 e. The first-order valence-corrected chi connectivity index (χ1v) is 7.18. The van der Waals surface area contributed by atoms with E-state index in [0.29, 0.717) is 17.9 Å². The van der Waals surface area contributed by atoms with Gasteiger partial charge in [-0.15, -0.1) is 12.4 Å². The molecule has 4 nitrogen and oxygen atoms in total. The molecule has 0 radical (unpaired) electrons. The van der Waals surface area contributed by atoms with Gasteiger partial charge < -0.3 is 10.6 Å². The number of amides is 1. The smallest absolute Gasteiger partial charge is 0.272 e. The van der Waals surface area contributed by atoms with E-state index in [4.69, 9.17) is 5.73 Å². The van der Waals surface area contributed by atoms with Crippen LogP contribution in [0.5, 0.6) is 0 Å². The quantitative estimate of drug-likeness (QED) is 0.917. The number of anilines is 1. The molecule has 1 atom stereocenters. The predicted molar refractivity (Wildman–Crippen MR) is 92.0 cm³/mol. The van der Waals surface area contributed by atoms with Gasteiger partial charge in [0.2, 0.25) is 0 Å². The number of nitrogens with zero attached hydrogens (tertiary/aromatic N) is 2. The van der Waals surface area contributed by atoms with Gasteiger partial charge in [-0.2, -0.15) is 0 Å². The van der Waals surface area contributed by atoms with Crippen molar-refractivity contribution in [3.63, 3.8) is 0 Å². The van der Waals surface area contributed by atoms with Gasteiger partial charge >= 0.3 is 0 Å². The van der Waals surface area contributed by atoms with E-state index in [0.717, 1.165) is 12.0 Å². The van der Waals surface area contributed by atoms with E-state index in [1.54, 1.807) is 12.1 Å². The second-order valence-electron chi connectivity index (χ2n) is 5.15. The predicted octanol–water partition coefficient (Wildman–Crippen LogP) is 3.53. The molecule has 0 aliphatic carbocycles. The van der Waals surface area contributed by atoms with Gasteiger partial charge in [-0.25, -0.2) is 4.98 Å². The van der Waals surface area contributed by atoms with Crippen LogP contribution in [0, 0.1) is 0 Å². The highest BCUT2D eigenvalue weighted by molar-refractivity contribution is 5.92. The number of carbonyl (C=O) groups excluding carboxylic acids is 1. The highest BCUT2D eigenvalue weighted by Gasteiger charge is 2.21. The van der Waals surface area contributed by atoms with Gasteiger partial charge in [0.05, 0.1) is 11.9 Å². The molecular formula is C17H22ClN3O. The molecule has 22 heavy (non-hydrogen) atoms. The number of pyridine rings is 1. The van der Waals surface area contributed by atoms with Crippen LogP contribution >= 0.6 is 12.4 Å². The van der Waals surface area contributed by atoms with Crippen LogP contribution in [0.3, 0.4) is 0 Å². The number of hydrogen-bond donors (Lipinski definition) is 1. The van der Waals surface area contributed by atoms with Crippen LogP contribution in [0.1, 0.15) is 36.3 Å². The van der Waals surface area contributed by atoms with Crippen molar-refractivity contribution in [1.29, 1.82) is 0 Å². The molecule has 0 aliphatic heterocycles. The summed E-state index contributed by atoms with van der Waals surface area (Å²) in [4.78, 5) is 18.7. The molecule has 0 saturated heterocycles. The van der Waals surface area contributed by atoms with Gasteiger partial charge in [-0.3, -0.25) is 4.79 Å². The Morgan fingerprint density at radius 1 is 1.23 bits per heavy atom. The van der Waals surface area contributed by atoms with Gasteiger partial charge in [0.15, 0.2) is 0 Å². The fourth-order valence-electron chi connectivity index (χ4n) is 2.11. The Morgan fingerprint density at radius 3 is 2.45 bits per heavy atom. The lowest BCUT2D eigenvalue weighted by Gasteiger charge is -2.28. The number of halogens is 1. The maximum atomic E-state index is 12.7. The third kappa shape index (κ3) is 4.46. The number of rotatable bonds is 5. The van der Waals surface area contributed by atoms with Crippen molar-refractivity contribution in [3.8, 4) is 0 Å². The summed E-state index contributed by atoms with van der Waals surface area (Å²) < 4.78 is 0. The summed E-state index contributed by atoms with van der Waals surface area (Å²) in [5.41, 5.74) is 7.73. The minimum Gasteiger partial charge on any atom is -0.397 e. The average molecular weight is 320 g/mol. The lowest BCUT2D eigenvalue weighted by atomic mass is 10.1. The van der Waals surface area contributed by atoms with E-state index < -0.39 is 0 Å². The summed E-state index contributed by atoms with van der Waals surface area (Å²) in [6.45, 7) is 4.71. The molecule has 0 saturated carbocycles. The first-order chi connectivity index (χ1) is 10.1. The molecule has 1 heterocycles. The number of nitrogens with two attached hydrogens (primary N) is 1. The van der Waals surface area contributed by atoms with Gasteiger partial charge in [-0.1, -0.05) is 37.3 Å². The minimum atomic E-state index is -0.0618. The molecule has 1 amide bonds. The Bertz CT molecular complexity index is 587. The van der Waals surface area contributed by atoms with Crippen molar-refractivity contribution in [2.45, 2.75) is 32.9 Å². The van der Waals surface area contributed by atoms with Crippen LogP contribution < -0.4 is 5.73 Å². The van der Waals surface area contributed by atoms with Crippen LogP contribution in [-0.2, 0) is 6.54 Å². The third-order valence-corrected chi connectivity index (χ3v) is 3.58. The molecule has 2 rings (SSSR count).